The number of nitrogens with zero attached hydrogens (tertiary/aromatic N) is 3. The van der Waals surface area contributed by atoms with Crippen molar-refractivity contribution in [2.45, 2.75) is 63.4 Å². The maximum atomic E-state index is 14.4. The number of aryl methyl sites for hydroxylation is 3. The molecule has 2 aliphatic carbocycles. The molecule has 42 heavy (non-hydrogen) atoms. The molecule has 7 nitrogen and oxygen atoms in total. The van der Waals surface area contributed by atoms with Crippen molar-refractivity contribution in [1.82, 2.24) is 14.3 Å². The van der Waals surface area contributed by atoms with Crippen molar-refractivity contribution in [3.63, 3.8) is 0 Å². The second-order valence-electron chi connectivity index (χ2n) is 12.3. The second kappa shape index (κ2) is 10.8. The van der Waals surface area contributed by atoms with Gasteiger partial charge in [0, 0.05) is 37.1 Å². The Morgan fingerprint density at radius 2 is 1.86 bits per heavy atom. The summed E-state index contributed by atoms with van der Waals surface area (Å²) in [5.41, 5.74) is 4.69. The first-order valence-electron chi connectivity index (χ1n) is 14.6. The van der Waals surface area contributed by atoms with Gasteiger partial charge in [-0.1, -0.05) is 62.4 Å². The normalized spacial score (nSPS) is 21.0. The molecule has 4 aromatic rings. The number of carbonyl (C=O) groups excluding carboxylic acids is 1. The van der Waals surface area contributed by atoms with E-state index in [1.807, 2.05) is 66.0 Å². The second-order valence-corrected chi connectivity index (χ2v) is 14.0. The lowest BCUT2D eigenvalue weighted by molar-refractivity contribution is -0.120. The third-order valence-corrected chi connectivity index (χ3v) is 10.6. The molecule has 6 rings (SSSR count). The zero-order chi connectivity index (χ0) is 29.6. The van der Waals surface area contributed by atoms with Gasteiger partial charge in [-0.2, -0.15) is 0 Å². The van der Waals surface area contributed by atoms with Crippen LogP contribution in [0.2, 0.25) is 0 Å². The smallest absolute Gasteiger partial charge is 0.241 e. The minimum Gasteiger partial charge on any atom is -0.337 e. The minimum atomic E-state index is -3.72. The van der Waals surface area contributed by atoms with Crippen molar-refractivity contribution in [2.24, 2.45) is 18.4 Å². The molecule has 0 radical (unpaired) electrons. The van der Waals surface area contributed by atoms with Crippen LogP contribution in [0.15, 0.2) is 90.1 Å². The maximum absolute atomic E-state index is 14.4. The van der Waals surface area contributed by atoms with Crippen molar-refractivity contribution < 1.29 is 13.2 Å². The third-order valence-electron chi connectivity index (χ3n) is 9.09. The average Bonchev–Trinajstić information content (AvgIpc) is 3.32. The molecule has 0 bridgehead atoms. The van der Waals surface area contributed by atoms with E-state index in [1.165, 1.54) is 5.56 Å². The summed E-state index contributed by atoms with van der Waals surface area (Å²) in [4.78, 5) is 21.1. The Kier molecular flexibility index (Phi) is 7.31. The Hall–Kier alpha value is -3.75. The van der Waals surface area contributed by atoms with E-state index in [1.54, 1.807) is 24.4 Å². The number of anilines is 1. The Morgan fingerprint density at radius 3 is 2.57 bits per heavy atom. The van der Waals surface area contributed by atoms with Crippen LogP contribution in [0.4, 0.5) is 5.69 Å². The summed E-state index contributed by atoms with van der Waals surface area (Å²) in [6.45, 7) is 6.54. The number of aromatic nitrogens is 2. The molecule has 3 aromatic carbocycles. The molecule has 1 fully saturated rings. The largest absolute Gasteiger partial charge is 0.337 e. The van der Waals surface area contributed by atoms with Gasteiger partial charge < -0.3 is 9.47 Å². The number of rotatable bonds is 8. The van der Waals surface area contributed by atoms with E-state index < -0.39 is 10.0 Å². The minimum absolute atomic E-state index is 0.0597. The summed E-state index contributed by atoms with van der Waals surface area (Å²) in [6.07, 6.45) is 6.08. The highest BCUT2D eigenvalue weighted by atomic mass is 32.2. The zero-order valence-corrected chi connectivity index (χ0v) is 25.4. The van der Waals surface area contributed by atoms with Crippen LogP contribution in [0.3, 0.4) is 0 Å². The highest BCUT2D eigenvalue weighted by Crippen LogP contribution is 2.65. The van der Waals surface area contributed by atoms with Gasteiger partial charge in [-0.25, -0.2) is 18.1 Å². The molecule has 8 heteroatoms. The van der Waals surface area contributed by atoms with E-state index in [-0.39, 0.29) is 34.1 Å². The maximum Gasteiger partial charge on any atom is 0.241 e. The first-order chi connectivity index (χ1) is 20.1. The fourth-order valence-corrected chi connectivity index (χ4v) is 8.00. The number of fused-ring (bicyclic) bond motifs is 1. The molecule has 0 spiro atoms. The lowest BCUT2D eigenvalue weighted by Gasteiger charge is -2.30. The molecule has 1 N–H and O–H groups in total. The number of nitrogens with one attached hydrogen (secondary N) is 1. The van der Waals surface area contributed by atoms with Gasteiger partial charge in [-0.05, 0) is 78.1 Å². The molecule has 1 amide bonds. The lowest BCUT2D eigenvalue weighted by atomic mass is 9.87. The van der Waals surface area contributed by atoms with Gasteiger partial charge in [0.25, 0.3) is 0 Å². The molecular weight excluding hydrogens is 544 g/mol. The van der Waals surface area contributed by atoms with E-state index in [0.29, 0.717) is 13.0 Å². The van der Waals surface area contributed by atoms with Gasteiger partial charge >= 0.3 is 0 Å². The standard InChI is InChI=1S/C34H38N4O3S/c1-23-10-8-14-27(20-23)42(40,41)36-29-15-9-13-24-16-17-26(21-28(24)29)38(22-30-35-18-19-37(30)4)33(39)32-31(34(32,2)3)25-11-6-5-7-12-25/h5-8,10-12,14,16-21,29,31-32,36H,9,13,15,22H2,1-4H3/t29-,31-,32-/m0/s1. The molecule has 218 valence electrons. The summed E-state index contributed by atoms with van der Waals surface area (Å²) >= 11 is 0. The van der Waals surface area contributed by atoms with Gasteiger partial charge in [-0.3, -0.25) is 4.79 Å². The van der Waals surface area contributed by atoms with E-state index in [0.717, 1.165) is 41.0 Å². The van der Waals surface area contributed by atoms with Gasteiger partial charge in [0.15, 0.2) is 0 Å². The Bertz CT molecular complexity index is 1730. The Labute approximate surface area is 248 Å². The van der Waals surface area contributed by atoms with Crippen LogP contribution in [0.5, 0.6) is 0 Å². The van der Waals surface area contributed by atoms with Crippen LogP contribution in [0, 0.1) is 18.3 Å². The lowest BCUT2D eigenvalue weighted by Crippen LogP contribution is -2.35. The highest BCUT2D eigenvalue weighted by Gasteiger charge is 2.63. The van der Waals surface area contributed by atoms with Gasteiger partial charge in [-0.15, -0.1) is 0 Å². The number of sulfonamides is 1. The van der Waals surface area contributed by atoms with Crippen LogP contribution in [0.1, 0.15) is 66.7 Å². The fraction of sp³-hybridized carbons (Fsp3) is 0.353. The molecule has 0 unspecified atom stereocenters. The Morgan fingerprint density at radius 1 is 1.07 bits per heavy atom. The first-order valence-corrected chi connectivity index (χ1v) is 16.1. The van der Waals surface area contributed by atoms with Gasteiger partial charge in [0.1, 0.15) is 5.82 Å². The van der Waals surface area contributed by atoms with Crippen LogP contribution in [0.25, 0.3) is 0 Å². The topological polar surface area (TPSA) is 84.3 Å². The van der Waals surface area contributed by atoms with Crippen molar-refractivity contribution >= 4 is 21.6 Å². The number of amides is 1. The zero-order valence-electron chi connectivity index (χ0n) is 24.6. The Balaban J connectivity index is 1.35. The molecule has 3 atom stereocenters. The molecule has 0 saturated heterocycles. The predicted octanol–water partition coefficient (Wildman–Crippen LogP) is 6.06. The van der Waals surface area contributed by atoms with Crippen LogP contribution >= 0.6 is 0 Å². The van der Waals surface area contributed by atoms with E-state index >= 15 is 0 Å². The number of imidazole rings is 1. The molecular formula is C34H38N4O3S. The van der Waals surface area contributed by atoms with E-state index in [4.69, 9.17) is 0 Å². The van der Waals surface area contributed by atoms with E-state index in [9.17, 15) is 13.2 Å². The SMILES string of the molecule is Cc1cccc(S(=O)(=O)N[C@H]2CCCc3ccc(N(Cc4nccn4C)C(=O)[C@@H]4[C@H](c5ccccc5)C4(C)C)cc32)c1. The average molecular weight is 583 g/mol. The molecule has 1 heterocycles. The molecule has 1 saturated carbocycles. The fourth-order valence-electron chi connectivity index (χ4n) is 6.65. The van der Waals surface area contributed by atoms with Gasteiger partial charge in [0.05, 0.1) is 17.4 Å². The monoisotopic (exact) mass is 582 g/mol. The van der Waals surface area contributed by atoms with E-state index in [2.05, 4.69) is 41.8 Å². The number of hydrogen-bond donors (Lipinski definition) is 1. The molecule has 0 aliphatic heterocycles. The van der Waals surface area contributed by atoms with Crippen molar-refractivity contribution in [2.75, 3.05) is 4.90 Å². The van der Waals surface area contributed by atoms with Crippen molar-refractivity contribution in [3.8, 4) is 0 Å². The van der Waals surface area contributed by atoms with Crippen molar-refractivity contribution in [1.29, 1.82) is 0 Å². The summed E-state index contributed by atoms with van der Waals surface area (Å²) in [5.74, 6) is 0.797. The molecule has 1 aromatic heterocycles. The number of hydrogen-bond acceptors (Lipinski definition) is 4. The van der Waals surface area contributed by atoms with Crippen molar-refractivity contribution in [3.05, 3.63) is 113 Å². The summed E-state index contributed by atoms with van der Waals surface area (Å²) in [7, 11) is -1.79. The van der Waals surface area contributed by atoms with Gasteiger partial charge in [0.2, 0.25) is 15.9 Å². The number of benzene rings is 3. The number of carbonyl (C=O) groups is 1. The quantitative estimate of drug-likeness (QED) is 0.274. The summed E-state index contributed by atoms with van der Waals surface area (Å²) in [5, 5.41) is 0. The van der Waals surface area contributed by atoms with Crippen LogP contribution in [-0.2, 0) is 34.8 Å². The summed E-state index contributed by atoms with van der Waals surface area (Å²) < 4.78 is 31.7. The predicted molar refractivity (Wildman–Crippen MR) is 164 cm³/mol. The van der Waals surface area contributed by atoms with Crippen LogP contribution < -0.4 is 9.62 Å². The highest BCUT2D eigenvalue weighted by molar-refractivity contribution is 7.89. The van der Waals surface area contributed by atoms with Crippen LogP contribution in [-0.4, -0.2) is 23.9 Å². The summed E-state index contributed by atoms with van der Waals surface area (Å²) in [6, 6.07) is 22.9. The molecule has 2 aliphatic rings. The third kappa shape index (κ3) is 5.29. The first kappa shape index (κ1) is 28.4.